The Morgan fingerprint density at radius 1 is 1.06 bits per heavy atom. The Morgan fingerprint density at radius 3 is 2.44 bits per heavy atom. The van der Waals surface area contributed by atoms with Crippen molar-refractivity contribution >= 4 is 5.82 Å². The van der Waals surface area contributed by atoms with Crippen molar-refractivity contribution in [3.8, 4) is 11.3 Å². The van der Waals surface area contributed by atoms with Gasteiger partial charge in [0.05, 0.1) is 18.1 Å². The number of aromatic nitrogens is 2. The van der Waals surface area contributed by atoms with Crippen LogP contribution in [-0.4, -0.2) is 9.97 Å². The van der Waals surface area contributed by atoms with E-state index in [0.717, 1.165) is 6.07 Å². The highest BCUT2D eigenvalue weighted by molar-refractivity contribution is 5.60. The SMILES string of the molecule is Cc1cc(-c2cnc(N)cn2)c(F)cc1F. The van der Waals surface area contributed by atoms with E-state index in [0.29, 0.717) is 11.3 Å². The zero-order chi connectivity index (χ0) is 11.7. The first-order chi connectivity index (χ1) is 7.58. The van der Waals surface area contributed by atoms with Crippen molar-refractivity contribution in [1.29, 1.82) is 0 Å². The van der Waals surface area contributed by atoms with Crippen LogP contribution in [0.25, 0.3) is 11.3 Å². The molecule has 0 aliphatic carbocycles. The zero-order valence-corrected chi connectivity index (χ0v) is 8.54. The van der Waals surface area contributed by atoms with Gasteiger partial charge in [0.2, 0.25) is 0 Å². The van der Waals surface area contributed by atoms with Gasteiger partial charge < -0.3 is 5.73 Å². The molecule has 0 amide bonds. The van der Waals surface area contributed by atoms with Crippen LogP contribution in [-0.2, 0) is 0 Å². The highest BCUT2D eigenvalue weighted by Crippen LogP contribution is 2.23. The van der Waals surface area contributed by atoms with Gasteiger partial charge in [-0.3, -0.25) is 4.98 Å². The summed E-state index contributed by atoms with van der Waals surface area (Å²) in [5.41, 5.74) is 6.27. The lowest BCUT2D eigenvalue weighted by atomic mass is 10.1. The molecule has 0 aliphatic rings. The van der Waals surface area contributed by atoms with Crippen LogP contribution in [0, 0.1) is 18.6 Å². The predicted octanol–water partition coefficient (Wildman–Crippen LogP) is 2.31. The van der Waals surface area contributed by atoms with E-state index >= 15 is 0 Å². The molecule has 0 spiro atoms. The Morgan fingerprint density at radius 2 is 1.81 bits per heavy atom. The number of nitrogen functional groups attached to an aromatic ring is 1. The van der Waals surface area contributed by atoms with E-state index in [1.807, 2.05) is 0 Å². The van der Waals surface area contributed by atoms with E-state index in [1.54, 1.807) is 6.92 Å². The number of hydrogen-bond acceptors (Lipinski definition) is 3. The van der Waals surface area contributed by atoms with Crippen LogP contribution in [0.4, 0.5) is 14.6 Å². The first kappa shape index (κ1) is 10.5. The summed E-state index contributed by atoms with van der Waals surface area (Å²) in [5.74, 6) is -0.991. The number of anilines is 1. The summed E-state index contributed by atoms with van der Waals surface area (Å²) in [6, 6.07) is 2.23. The Labute approximate surface area is 91.0 Å². The molecule has 16 heavy (non-hydrogen) atoms. The molecule has 0 aliphatic heterocycles. The minimum Gasteiger partial charge on any atom is -0.382 e. The van der Waals surface area contributed by atoms with Gasteiger partial charge in [-0.05, 0) is 18.6 Å². The van der Waals surface area contributed by atoms with Gasteiger partial charge in [-0.2, -0.15) is 0 Å². The molecule has 0 bridgehead atoms. The second kappa shape index (κ2) is 3.84. The minimum atomic E-state index is -0.665. The first-order valence-electron chi connectivity index (χ1n) is 4.61. The molecule has 0 atom stereocenters. The van der Waals surface area contributed by atoms with Crippen molar-refractivity contribution in [2.45, 2.75) is 6.92 Å². The summed E-state index contributed by atoms with van der Waals surface area (Å²) in [4.78, 5) is 7.73. The summed E-state index contributed by atoms with van der Waals surface area (Å²) in [6.45, 7) is 1.56. The Balaban J connectivity index is 2.56. The maximum Gasteiger partial charge on any atom is 0.141 e. The number of rotatable bonds is 1. The van der Waals surface area contributed by atoms with Gasteiger partial charge in [-0.1, -0.05) is 0 Å². The largest absolute Gasteiger partial charge is 0.382 e. The van der Waals surface area contributed by atoms with Gasteiger partial charge in [0.1, 0.15) is 17.5 Å². The van der Waals surface area contributed by atoms with Gasteiger partial charge >= 0.3 is 0 Å². The smallest absolute Gasteiger partial charge is 0.141 e. The van der Waals surface area contributed by atoms with Crippen LogP contribution in [0.1, 0.15) is 5.56 Å². The van der Waals surface area contributed by atoms with Gasteiger partial charge in [0, 0.05) is 11.6 Å². The molecule has 1 aromatic heterocycles. The fourth-order valence-corrected chi connectivity index (χ4v) is 1.33. The van der Waals surface area contributed by atoms with Gasteiger partial charge in [0.25, 0.3) is 0 Å². The summed E-state index contributed by atoms with van der Waals surface area (Å²) >= 11 is 0. The van der Waals surface area contributed by atoms with Gasteiger partial charge in [0.15, 0.2) is 0 Å². The summed E-state index contributed by atoms with van der Waals surface area (Å²) in [5, 5.41) is 0. The second-order valence-electron chi connectivity index (χ2n) is 3.41. The molecule has 0 unspecified atom stereocenters. The van der Waals surface area contributed by atoms with E-state index in [4.69, 9.17) is 5.73 Å². The molecule has 3 nitrogen and oxygen atoms in total. The van der Waals surface area contributed by atoms with Crippen molar-refractivity contribution in [2.24, 2.45) is 0 Å². The summed E-state index contributed by atoms with van der Waals surface area (Å²) in [6.07, 6.45) is 2.68. The number of hydrogen-bond donors (Lipinski definition) is 1. The third kappa shape index (κ3) is 1.84. The molecule has 0 radical (unpaired) electrons. The third-order valence-electron chi connectivity index (χ3n) is 2.20. The average molecular weight is 221 g/mol. The first-order valence-corrected chi connectivity index (χ1v) is 4.61. The molecular formula is C11H9F2N3. The van der Waals surface area contributed by atoms with Crippen molar-refractivity contribution < 1.29 is 8.78 Å². The lowest BCUT2D eigenvalue weighted by Crippen LogP contribution is -1.95. The average Bonchev–Trinajstić information content (AvgIpc) is 2.25. The van der Waals surface area contributed by atoms with E-state index in [-0.39, 0.29) is 11.4 Å². The molecule has 0 fully saturated rings. The fraction of sp³-hybridized carbons (Fsp3) is 0.0909. The van der Waals surface area contributed by atoms with Crippen LogP contribution in [0.5, 0.6) is 0 Å². The number of benzene rings is 1. The Bertz CT molecular complexity index is 523. The van der Waals surface area contributed by atoms with Crippen molar-refractivity contribution in [2.75, 3.05) is 5.73 Å². The van der Waals surface area contributed by atoms with Crippen molar-refractivity contribution in [3.05, 3.63) is 41.7 Å². The molecule has 1 heterocycles. The van der Waals surface area contributed by atoms with Crippen LogP contribution in [0.3, 0.4) is 0 Å². The van der Waals surface area contributed by atoms with Crippen LogP contribution >= 0.6 is 0 Å². The Kier molecular flexibility index (Phi) is 2.52. The van der Waals surface area contributed by atoms with E-state index in [1.165, 1.54) is 18.5 Å². The van der Waals surface area contributed by atoms with E-state index in [2.05, 4.69) is 9.97 Å². The third-order valence-corrected chi connectivity index (χ3v) is 2.20. The number of aryl methyl sites for hydroxylation is 1. The molecule has 0 saturated heterocycles. The highest BCUT2D eigenvalue weighted by Gasteiger charge is 2.10. The molecule has 2 N–H and O–H groups in total. The monoisotopic (exact) mass is 221 g/mol. The van der Waals surface area contributed by atoms with Gasteiger partial charge in [-0.25, -0.2) is 13.8 Å². The molecule has 2 aromatic rings. The van der Waals surface area contributed by atoms with Crippen LogP contribution < -0.4 is 5.73 Å². The number of halogens is 2. The van der Waals surface area contributed by atoms with E-state index in [9.17, 15) is 8.78 Å². The number of nitrogens with two attached hydrogens (primary N) is 1. The second-order valence-corrected chi connectivity index (χ2v) is 3.41. The quantitative estimate of drug-likeness (QED) is 0.803. The van der Waals surface area contributed by atoms with Crippen LogP contribution in [0.15, 0.2) is 24.5 Å². The topological polar surface area (TPSA) is 51.8 Å². The molecule has 82 valence electrons. The van der Waals surface area contributed by atoms with Crippen molar-refractivity contribution in [3.63, 3.8) is 0 Å². The normalized spacial score (nSPS) is 10.4. The molecule has 0 saturated carbocycles. The lowest BCUT2D eigenvalue weighted by Gasteiger charge is -2.04. The summed E-state index contributed by atoms with van der Waals surface area (Å²) in [7, 11) is 0. The molecular weight excluding hydrogens is 212 g/mol. The highest BCUT2D eigenvalue weighted by atomic mass is 19.1. The van der Waals surface area contributed by atoms with E-state index < -0.39 is 11.6 Å². The predicted molar refractivity (Wildman–Crippen MR) is 56.5 cm³/mol. The number of nitrogens with zero attached hydrogens (tertiary/aromatic N) is 2. The molecule has 1 aromatic carbocycles. The minimum absolute atomic E-state index is 0.214. The maximum absolute atomic E-state index is 13.5. The Hall–Kier alpha value is -2.04. The fourth-order valence-electron chi connectivity index (χ4n) is 1.33. The zero-order valence-electron chi connectivity index (χ0n) is 8.54. The van der Waals surface area contributed by atoms with Crippen LogP contribution in [0.2, 0.25) is 0 Å². The standard InChI is InChI=1S/C11H9F2N3/c1-6-2-7(9(13)3-8(6)12)10-4-16-11(14)5-15-10/h2-5H,1H3,(H2,14,16). The van der Waals surface area contributed by atoms with Gasteiger partial charge in [-0.15, -0.1) is 0 Å². The lowest BCUT2D eigenvalue weighted by molar-refractivity contribution is 0.579. The maximum atomic E-state index is 13.5. The summed E-state index contributed by atoms with van der Waals surface area (Å²) < 4.78 is 26.5. The molecule has 2 rings (SSSR count). The molecule has 5 heteroatoms. The van der Waals surface area contributed by atoms with Crippen molar-refractivity contribution in [1.82, 2.24) is 9.97 Å².